The average Bonchev–Trinajstić information content (AvgIpc) is 3.75. The Balaban J connectivity index is 1.19. The van der Waals surface area contributed by atoms with Crippen molar-refractivity contribution in [3.8, 4) is 11.1 Å². The van der Waals surface area contributed by atoms with E-state index < -0.39 is 0 Å². The van der Waals surface area contributed by atoms with Crippen molar-refractivity contribution in [3.05, 3.63) is 175 Å². The second-order valence-electron chi connectivity index (χ2n) is 12.8. The molecule has 3 nitrogen and oxygen atoms in total. The number of para-hydroxylation sites is 3. The Morgan fingerprint density at radius 2 is 1.18 bits per heavy atom. The van der Waals surface area contributed by atoms with Crippen LogP contribution in [0.1, 0.15) is 18.4 Å². The summed E-state index contributed by atoms with van der Waals surface area (Å²) < 4.78 is 13.3. The van der Waals surface area contributed by atoms with Crippen molar-refractivity contribution >= 4 is 71.6 Å². The van der Waals surface area contributed by atoms with E-state index in [1.807, 2.05) is 12.1 Å². The van der Waals surface area contributed by atoms with Crippen LogP contribution in [0.2, 0.25) is 0 Å². The molecule has 9 aromatic rings. The third kappa shape index (κ3) is 4.43. The lowest BCUT2D eigenvalue weighted by molar-refractivity contribution is 0.670. The molecule has 0 bridgehead atoms. The fraction of sp³-hybridized carbons (Fsp3) is 0.0435. The number of hydrogen-bond donors (Lipinski definition) is 0. The molecule has 0 aliphatic heterocycles. The van der Waals surface area contributed by atoms with Gasteiger partial charge in [0.15, 0.2) is 5.58 Å². The molecule has 7 aromatic carbocycles. The van der Waals surface area contributed by atoms with Gasteiger partial charge >= 0.3 is 0 Å². The van der Waals surface area contributed by atoms with Crippen LogP contribution in [0.25, 0.3) is 71.3 Å². The van der Waals surface area contributed by atoms with Crippen LogP contribution in [0.5, 0.6) is 0 Å². The van der Waals surface area contributed by atoms with Crippen LogP contribution >= 0.6 is 0 Å². The molecule has 0 atom stereocenters. The van der Waals surface area contributed by atoms with Gasteiger partial charge in [-0.05, 0) is 71.3 Å². The largest absolute Gasteiger partial charge is 0.455 e. The molecule has 0 N–H and O–H groups in total. The Morgan fingerprint density at radius 3 is 2.06 bits per heavy atom. The number of fused-ring (bicyclic) bond motifs is 8. The van der Waals surface area contributed by atoms with E-state index in [0.717, 1.165) is 90.3 Å². The summed E-state index contributed by atoms with van der Waals surface area (Å²) in [6.45, 7) is 0. The molecule has 0 fully saturated rings. The lowest BCUT2D eigenvalue weighted by Crippen LogP contribution is -2.18. The number of furan rings is 2. The van der Waals surface area contributed by atoms with Gasteiger partial charge in [-0.1, -0.05) is 127 Å². The minimum Gasteiger partial charge on any atom is -0.455 e. The standard InChI is InChI=1S/C46H31NO2/c1-2-12-30(13-3-1)34-15-6-8-21-41(34)47(42-22-11-20-39-40-29-26-31-14-4-5-16-35(31)45(40)49-46(39)42)33-27-24-32(25-28-33)36-18-10-19-38-37-17-7-9-23-43(37)48-44(36)38/h1-5,7-14,16-29H,6,15H2. The molecule has 0 amide bonds. The smallest absolute Gasteiger partial charge is 0.159 e. The van der Waals surface area contributed by atoms with Gasteiger partial charge in [-0.2, -0.15) is 0 Å². The van der Waals surface area contributed by atoms with Crippen LogP contribution in [0.4, 0.5) is 11.4 Å². The number of benzene rings is 7. The van der Waals surface area contributed by atoms with E-state index in [1.165, 1.54) is 16.5 Å². The highest BCUT2D eigenvalue weighted by atomic mass is 16.3. The molecule has 0 radical (unpaired) electrons. The van der Waals surface area contributed by atoms with E-state index in [1.54, 1.807) is 0 Å². The van der Waals surface area contributed by atoms with Crippen molar-refractivity contribution in [3.63, 3.8) is 0 Å². The van der Waals surface area contributed by atoms with Crippen LogP contribution in [-0.4, -0.2) is 0 Å². The predicted octanol–water partition coefficient (Wildman–Crippen LogP) is 13.2. The maximum Gasteiger partial charge on any atom is 0.159 e. The summed E-state index contributed by atoms with van der Waals surface area (Å²) in [7, 11) is 0. The fourth-order valence-corrected chi connectivity index (χ4v) is 7.65. The molecule has 49 heavy (non-hydrogen) atoms. The molecule has 1 aliphatic carbocycles. The monoisotopic (exact) mass is 629 g/mol. The Kier molecular flexibility index (Phi) is 6.31. The first-order valence-electron chi connectivity index (χ1n) is 16.9. The molecule has 0 spiro atoms. The summed E-state index contributed by atoms with van der Waals surface area (Å²) in [5.41, 5.74) is 11.6. The van der Waals surface area contributed by atoms with E-state index in [-0.39, 0.29) is 0 Å². The summed E-state index contributed by atoms with van der Waals surface area (Å²) in [5, 5.41) is 6.80. The second-order valence-corrected chi connectivity index (χ2v) is 12.8. The van der Waals surface area contributed by atoms with Crippen molar-refractivity contribution < 1.29 is 8.83 Å². The molecule has 2 aromatic heterocycles. The van der Waals surface area contributed by atoms with Crippen LogP contribution in [0.3, 0.4) is 0 Å². The molecular formula is C46H31NO2. The van der Waals surface area contributed by atoms with E-state index in [2.05, 4.69) is 157 Å². The molecule has 0 unspecified atom stereocenters. The minimum absolute atomic E-state index is 0.879. The SMILES string of the molecule is C1=CC(N(c2ccc(-c3cccc4c3oc3ccccc34)cc2)c2cccc3c2oc2c4ccccc4ccc32)=C(c2ccccc2)CC1. The topological polar surface area (TPSA) is 29.5 Å². The third-order valence-corrected chi connectivity index (χ3v) is 9.96. The molecule has 0 saturated carbocycles. The quantitative estimate of drug-likeness (QED) is 0.190. The zero-order valence-electron chi connectivity index (χ0n) is 26.8. The molecule has 3 heteroatoms. The van der Waals surface area contributed by atoms with Gasteiger partial charge in [0.05, 0.1) is 5.69 Å². The number of hydrogen-bond acceptors (Lipinski definition) is 3. The lowest BCUT2D eigenvalue weighted by atomic mass is 9.93. The Morgan fingerprint density at radius 1 is 0.469 bits per heavy atom. The van der Waals surface area contributed by atoms with Crippen molar-refractivity contribution in [2.24, 2.45) is 0 Å². The van der Waals surface area contributed by atoms with Crippen molar-refractivity contribution in [2.45, 2.75) is 12.8 Å². The maximum absolute atomic E-state index is 6.90. The van der Waals surface area contributed by atoms with E-state index >= 15 is 0 Å². The van der Waals surface area contributed by atoms with Gasteiger partial charge in [0.25, 0.3) is 0 Å². The van der Waals surface area contributed by atoms with Gasteiger partial charge in [-0.3, -0.25) is 0 Å². The summed E-state index contributed by atoms with van der Waals surface area (Å²) >= 11 is 0. The highest BCUT2D eigenvalue weighted by Gasteiger charge is 2.24. The first-order chi connectivity index (χ1) is 24.3. The summed E-state index contributed by atoms with van der Waals surface area (Å²) in [6.07, 6.45) is 6.53. The van der Waals surface area contributed by atoms with Crippen LogP contribution in [-0.2, 0) is 0 Å². The van der Waals surface area contributed by atoms with Crippen molar-refractivity contribution in [1.82, 2.24) is 0 Å². The van der Waals surface area contributed by atoms with Gasteiger partial charge in [0, 0.05) is 43.9 Å². The average molecular weight is 630 g/mol. The normalized spacial score (nSPS) is 13.4. The second kappa shape index (κ2) is 11.1. The number of anilines is 2. The number of rotatable bonds is 5. The molecule has 10 rings (SSSR count). The maximum atomic E-state index is 6.90. The summed E-state index contributed by atoms with van der Waals surface area (Å²) in [4.78, 5) is 2.39. The zero-order valence-corrected chi connectivity index (χ0v) is 26.8. The molecule has 232 valence electrons. The Hall–Kier alpha value is -6.32. The first kappa shape index (κ1) is 27.8. The fourth-order valence-electron chi connectivity index (χ4n) is 7.65. The third-order valence-electron chi connectivity index (χ3n) is 9.96. The summed E-state index contributed by atoms with van der Waals surface area (Å²) in [6, 6.07) is 53.7. The van der Waals surface area contributed by atoms with Crippen LogP contribution in [0, 0.1) is 0 Å². The highest BCUT2D eigenvalue weighted by Crippen LogP contribution is 2.45. The first-order valence-corrected chi connectivity index (χ1v) is 16.9. The number of nitrogens with zero attached hydrogens (tertiary/aromatic N) is 1. The van der Waals surface area contributed by atoms with Gasteiger partial charge < -0.3 is 13.7 Å². The molecule has 2 heterocycles. The molecule has 0 saturated heterocycles. The highest BCUT2D eigenvalue weighted by molar-refractivity contribution is 6.17. The Bertz CT molecular complexity index is 2760. The van der Waals surface area contributed by atoms with Crippen molar-refractivity contribution in [1.29, 1.82) is 0 Å². The molecular weight excluding hydrogens is 599 g/mol. The van der Waals surface area contributed by atoms with Gasteiger partial charge in [0.2, 0.25) is 0 Å². The van der Waals surface area contributed by atoms with Gasteiger partial charge in [-0.25, -0.2) is 0 Å². The van der Waals surface area contributed by atoms with Gasteiger partial charge in [-0.15, -0.1) is 0 Å². The number of allylic oxidation sites excluding steroid dienone is 3. The summed E-state index contributed by atoms with van der Waals surface area (Å²) in [5.74, 6) is 0. The van der Waals surface area contributed by atoms with E-state index in [0.29, 0.717) is 0 Å². The minimum atomic E-state index is 0.879. The van der Waals surface area contributed by atoms with Crippen LogP contribution in [0.15, 0.2) is 178 Å². The Labute approximate surface area is 283 Å². The zero-order chi connectivity index (χ0) is 32.3. The van der Waals surface area contributed by atoms with E-state index in [9.17, 15) is 0 Å². The van der Waals surface area contributed by atoms with Crippen molar-refractivity contribution in [2.75, 3.05) is 4.90 Å². The predicted molar refractivity (Wildman–Crippen MR) is 204 cm³/mol. The van der Waals surface area contributed by atoms with Gasteiger partial charge in [0.1, 0.15) is 16.7 Å². The molecule has 1 aliphatic rings. The lowest BCUT2D eigenvalue weighted by Gasteiger charge is -2.30. The van der Waals surface area contributed by atoms with Crippen LogP contribution < -0.4 is 4.90 Å². The van der Waals surface area contributed by atoms with E-state index in [4.69, 9.17) is 8.83 Å².